The van der Waals surface area contributed by atoms with Gasteiger partial charge in [0.25, 0.3) is 0 Å². The molecule has 0 spiro atoms. The van der Waals surface area contributed by atoms with Crippen molar-refractivity contribution in [2.45, 2.75) is 24.3 Å². The van der Waals surface area contributed by atoms with E-state index in [1.54, 1.807) is 16.2 Å². The second-order valence-corrected chi connectivity index (χ2v) is 8.03. The molecule has 0 aromatic carbocycles. The SMILES string of the molecule is O=C(CSc1nnc(N2CCOCC2)n1CC(F)(F)F)NCCc1cccs1. The van der Waals surface area contributed by atoms with E-state index >= 15 is 0 Å². The smallest absolute Gasteiger partial charge is 0.378 e. The predicted molar refractivity (Wildman–Crippen MR) is 101 cm³/mol. The van der Waals surface area contributed by atoms with Gasteiger partial charge in [-0.25, -0.2) is 0 Å². The molecule has 0 saturated carbocycles. The van der Waals surface area contributed by atoms with Crippen molar-refractivity contribution >= 4 is 35.0 Å². The van der Waals surface area contributed by atoms with E-state index in [-0.39, 0.29) is 22.8 Å². The quantitative estimate of drug-likeness (QED) is 0.641. The van der Waals surface area contributed by atoms with Crippen molar-refractivity contribution in [2.75, 3.05) is 43.5 Å². The number of ether oxygens (including phenoxy) is 1. The lowest BCUT2D eigenvalue weighted by molar-refractivity contribution is -0.141. The minimum atomic E-state index is -4.41. The molecule has 2 aromatic rings. The van der Waals surface area contributed by atoms with Crippen LogP contribution >= 0.6 is 23.1 Å². The Morgan fingerprint density at radius 1 is 1.32 bits per heavy atom. The standard InChI is InChI=1S/C16H20F3N5O2S2/c17-16(18,19)11-24-14(23-5-7-26-8-6-23)21-22-15(24)28-10-13(25)20-4-3-12-2-1-9-27-12/h1-2,9H,3-8,10-11H2,(H,20,25). The van der Waals surface area contributed by atoms with Gasteiger partial charge in [-0.3, -0.25) is 9.36 Å². The van der Waals surface area contributed by atoms with Crippen LogP contribution in [0.15, 0.2) is 22.7 Å². The highest BCUT2D eigenvalue weighted by Crippen LogP contribution is 2.27. The van der Waals surface area contributed by atoms with Gasteiger partial charge in [-0.2, -0.15) is 13.2 Å². The van der Waals surface area contributed by atoms with E-state index in [1.165, 1.54) is 0 Å². The molecule has 154 valence electrons. The Morgan fingerprint density at radius 2 is 2.11 bits per heavy atom. The van der Waals surface area contributed by atoms with Crippen LogP contribution in [0.2, 0.25) is 0 Å². The van der Waals surface area contributed by atoms with E-state index in [2.05, 4.69) is 15.5 Å². The summed E-state index contributed by atoms with van der Waals surface area (Å²) in [5, 5.41) is 12.6. The molecule has 3 rings (SSSR count). The number of carbonyl (C=O) groups excluding carboxylic acids is 1. The Balaban J connectivity index is 1.58. The molecule has 1 fully saturated rings. The normalized spacial score (nSPS) is 15.0. The topological polar surface area (TPSA) is 72.3 Å². The third kappa shape index (κ3) is 6.11. The molecule has 1 amide bonds. The van der Waals surface area contributed by atoms with Crippen LogP contribution in [-0.4, -0.2) is 65.4 Å². The molecular formula is C16H20F3N5O2S2. The lowest BCUT2D eigenvalue weighted by Crippen LogP contribution is -2.38. The Bertz CT molecular complexity index is 761. The number of rotatable bonds is 8. The molecule has 1 saturated heterocycles. The summed E-state index contributed by atoms with van der Waals surface area (Å²) < 4.78 is 45.4. The molecule has 0 atom stereocenters. The molecule has 7 nitrogen and oxygen atoms in total. The number of alkyl halides is 3. The first-order valence-corrected chi connectivity index (χ1v) is 10.5. The Kier molecular flexibility index (Phi) is 7.18. The van der Waals surface area contributed by atoms with Crippen molar-refractivity contribution in [3.8, 4) is 0 Å². The Labute approximate surface area is 168 Å². The van der Waals surface area contributed by atoms with Crippen LogP contribution in [0.3, 0.4) is 0 Å². The van der Waals surface area contributed by atoms with Crippen LogP contribution in [0.25, 0.3) is 0 Å². The van der Waals surface area contributed by atoms with E-state index in [9.17, 15) is 18.0 Å². The molecule has 1 aliphatic heterocycles. The van der Waals surface area contributed by atoms with Gasteiger partial charge in [0.1, 0.15) is 6.54 Å². The minimum absolute atomic E-state index is 0.0243. The monoisotopic (exact) mass is 435 g/mol. The van der Waals surface area contributed by atoms with Crippen LogP contribution in [0.5, 0.6) is 0 Å². The summed E-state index contributed by atoms with van der Waals surface area (Å²) in [7, 11) is 0. The number of carbonyl (C=O) groups is 1. The van der Waals surface area contributed by atoms with E-state index < -0.39 is 12.7 Å². The molecule has 12 heteroatoms. The zero-order valence-corrected chi connectivity index (χ0v) is 16.6. The van der Waals surface area contributed by atoms with Crippen molar-refractivity contribution in [1.29, 1.82) is 0 Å². The summed E-state index contributed by atoms with van der Waals surface area (Å²) in [6.45, 7) is 1.03. The zero-order chi connectivity index (χ0) is 20.0. The number of hydrogen-bond acceptors (Lipinski definition) is 7. The third-order valence-corrected chi connectivity index (χ3v) is 5.84. The largest absolute Gasteiger partial charge is 0.406 e. The lowest BCUT2D eigenvalue weighted by atomic mass is 10.3. The van der Waals surface area contributed by atoms with Crippen molar-refractivity contribution in [2.24, 2.45) is 0 Å². The molecule has 0 unspecified atom stereocenters. The maximum Gasteiger partial charge on any atom is 0.406 e. The first-order valence-electron chi connectivity index (χ1n) is 8.67. The molecule has 0 radical (unpaired) electrons. The highest BCUT2D eigenvalue weighted by molar-refractivity contribution is 7.99. The fourth-order valence-electron chi connectivity index (χ4n) is 2.66. The number of aromatic nitrogens is 3. The number of halogens is 3. The van der Waals surface area contributed by atoms with E-state index in [0.717, 1.165) is 27.6 Å². The number of morpholine rings is 1. The van der Waals surface area contributed by atoms with Crippen LogP contribution in [0.1, 0.15) is 4.88 Å². The first kappa shape index (κ1) is 20.9. The van der Waals surface area contributed by atoms with Crippen LogP contribution in [0.4, 0.5) is 19.1 Å². The molecule has 1 aliphatic rings. The minimum Gasteiger partial charge on any atom is -0.378 e. The first-order chi connectivity index (χ1) is 13.4. The van der Waals surface area contributed by atoms with Crippen molar-refractivity contribution < 1.29 is 22.7 Å². The fraction of sp³-hybridized carbons (Fsp3) is 0.562. The van der Waals surface area contributed by atoms with E-state index in [4.69, 9.17) is 4.74 Å². The number of thioether (sulfide) groups is 1. The molecule has 3 heterocycles. The number of hydrogen-bond donors (Lipinski definition) is 1. The zero-order valence-electron chi connectivity index (χ0n) is 14.9. The molecule has 28 heavy (non-hydrogen) atoms. The third-order valence-electron chi connectivity index (χ3n) is 3.93. The van der Waals surface area contributed by atoms with Crippen LogP contribution < -0.4 is 10.2 Å². The highest BCUT2D eigenvalue weighted by atomic mass is 32.2. The van der Waals surface area contributed by atoms with E-state index in [1.807, 2.05) is 17.5 Å². The number of nitrogens with one attached hydrogen (secondary N) is 1. The molecule has 2 aromatic heterocycles. The molecule has 0 aliphatic carbocycles. The summed E-state index contributed by atoms with van der Waals surface area (Å²) in [6.07, 6.45) is -3.69. The maximum absolute atomic E-state index is 13.0. The van der Waals surface area contributed by atoms with Crippen LogP contribution in [0, 0.1) is 0 Å². The van der Waals surface area contributed by atoms with Gasteiger partial charge in [0.15, 0.2) is 5.16 Å². The Hall–Kier alpha value is -1.79. The average molecular weight is 435 g/mol. The van der Waals surface area contributed by atoms with Gasteiger partial charge in [-0.15, -0.1) is 21.5 Å². The summed E-state index contributed by atoms with van der Waals surface area (Å²) in [4.78, 5) is 14.9. The predicted octanol–water partition coefficient (Wildman–Crippen LogP) is 2.19. The van der Waals surface area contributed by atoms with Crippen LogP contribution in [-0.2, 0) is 22.5 Å². The molecule has 0 bridgehead atoms. The Morgan fingerprint density at radius 3 is 2.79 bits per heavy atom. The van der Waals surface area contributed by atoms with Crippen molar-refractivity contribution in [3.63, 3.8) is 0 Å². The second kappa shape index (κ2) is 9.61. The number of anilines is 1. The number of nitrogens with zero attached hydrogens (tertiary/aromatic N) is 4. The summed E-state index contributed by atoms with van der Waals surface area (Å²) in [6, 6.07) is 3.93. The van der Waals surface area contributed by atoms with Gasteiger partial charge in [0.2, 0.25) is 11.9 Å². The molecule has 1 N–H and O–H groups in total. The van der Waals surface area contributed by atoms with Gasteiger partial charge in [0.05, 0.1) is 19.0 Å². The van der Waals surface area contributed by atoms with Gasteiger partial charge in [-0.1, -0.05) is 17.8 Å². The number of thiophene rings is 1. The summed E-state index contributed by atoms with van der Waals surface area (Å²) >= 11 is 2.56. The van der Waals surface area contributed by atoms with E-state index in [0.29, 0.717) is 32.8 Å². The maximum atomic E-state index is 13.0. The second-order valence-electron chi connectivity index (χ2n) is 6.05. The number of amides is 1. The van der Waals surface area contributed by atoms with Crippen molar-refractivity contribution in [3.05, 3.63) is 22.4 Å². The highest BCUT2D eigenvalue weighted by Gasteiger charge is 2.33. The van der Waals surface area contributed by atoms with Gasteiger partial charge in [-0.05, 0) is 17.9 Å². The van der Waals surface area contributed by atoms with Gasteiger partial charge < -0.3 is 15.0 Å². The lowest BCUT2D eigenvalue weighted by Gasteiger charge is -2.28. The average Bonchev–Trinajstić information content (AvgIpc) is 3.30. The van der Waals surface area contributed by atoms with Crippen molar-refractivity contribution in [1.82, 2.24) is 20.1 Å². The molecular weight excluding hydrogens is 415 g/mol. The summed E-state index contributed by atoms with van der Waals surface area (Å²) in [5.74, 6) is -0.124. The van der Waals surface area contributed by atoms with Gasteiger partial charge in [0, 0.05) is 24.5 Å². The van der Waals surface area contributed by atoms with Gasteiger partial charge >= 0.3 is 6.18 Å². The fourth-order valence-corrected chi connectivity index (χ4v) is 4.14. The summed E-state index contributed by atoms with van der Waals surface area (Å²) in [5.41, 5.74) is 0.